The van der Waals surface area contributed by atoms with Gasteiger partial charge in [0.1, 0.15) is 24.4 Å². The van der Waals surface area contributed by atoms with Crippen molar-refractivity contribution in [3.63, 3.8) is 0 Å². The smallest absolute Gasteiger partial charge is 0.180 e. The van der Waals surface area contributed by atoms with Crippen LogP contribution in [0, 0.1) is 0 Å². The number of thiocarbonyl (C=S) groups is 1. The first kappa shape index (κ1) is 14.5. The molecule has 0 spiro atoms. The van der Waals surface area contributed by atoms with Gasteiger partial charge < -0.3 is 30.5 Å². The lowest BCUT2D eigenvalue weighted by molar-refractivity contribution is -0.238. The number of rotatable bonds is 3. The van der Waals surface area contributed by atoms with E-state index in [-0.39, 0.29) is 5.11 Å². The highest BCUT2D eigenvalue weighted by molar-refractivity contribution is 7.80. The Morgan fingerprint density at radius 1 is 1.24 bits per heavy atom. The number of hydrogen-bond acceptors (Lipinski definition) is 7. The molecule has 1 heterocycles. The van der Waals surface area contributed by atoms with Crippen molar-refractivity contribution in [3.8, 4) is 0 Å². The summed E-state index contributed by atoms with van der Waals surface area (Å²) in [5.74, 6) is 0. The molecule has 0 unspecified atom stereocenters. The number of aliphatic hydroxyl groups is 4. The molecule has 7 N–H and O–H groups in total. The summed E-state index contributed by atoms with van der Waals surface area (Å²) in [5, 5.41) is 40.5. The van der Waals surface area contributed by atoms with Crippen molar-refractivity contribution >= 4 is 17.3 Å². The van der Waals surface area contributed by atoms with Gasteiger partial charge in [-0.05, 0) is 12.2 Å². The molecule has 1 rings (SSSR count). The van der Waals surface area contributed by atoms with Crippen LogP contribution < -0.4 is 16.2 Å². The SMILES string of the molecule is CNC(=S)NN[C@@H]1O[C@@H](CO)[C@@H](O)[C@H](O)[C@@H]1O. The lowest BCUT2D eigenvalue weighted by Crippen LogP contribution is -2.65. The van der Waals surface area contributed by atoms with Crippen LogP contribution in [0.25, 0.3) is 0 Å². The minimum absolute atomic E-state index is 0.266. The maximum atomic E-state index is 9.62. The van der Waals surface area contributed by atoms with Crippen molar-refractivity contribution in [1.82, 2.24) is 16.2 Å². The highest BCUT2D eigenvalue weighted by atomic mass is 32.1. The zero-order valence-electron chi connectivity index (χ0n) is 9.20. The monoisotopic (exact) mass is 267 g/mol. The molecule has 0 bridgehead atoms. The largest absolute Gasteiger partial charge is 0.394 e. The molecule has 9 heteroatoms. The molecule has 0 aromatic rings. The van der Waals surface area contributed by atoms with Crippen LogP contribution in [0.15, 0.2) is 0 Å². The third-order valence-electron chi connectivity index (χ3n) is 2.45. The first-order valence-corrected chi connectivity index (χ1v) is 5.45. The summed E-state index contributed by atoms with van der Waals surface area (Å²) in [6.07, 6.45) is -6.08. The van der Waals surface area contributed by atoms with Gasteiger partial charge >= 0.3 is 0 Å². The predicted octanol–water partition coefficient (Wildman–Crippen LogP) is -3.62. The zero-order chi connectivity index (χ0) is 13.0. The highest BCUT2D eigenvalue weighted by Crippen LogP contribution is 2.19. The van der Waals surface area contributed by atoms with Crippen molar-refractivity contribution < 1.29 is 25.2 Å². The molecule has 0 saturated carbocycles. The fourth-order valence-corrected chi connectivity index (χ4v) is 1.48. The van der Waals surface area contributed by atoms with Gasteiger partial charge in [0.2, 0.25) is 0 Å². The lowest BCUT2D eigenvalue weighted by atomic mass is 9.99. The summed E-state index contributed by atoms with van der Waals surface area (Å²) in [6, 6.07) is 0. The van der Waals surface area contributed by atoms with Gasteiger partial charge in [0.15, 0.2) is 11.3 Å². The maximum absolute atomic E-state index is 9.62. The lowest BCUT2D eigenvalue weighted by Gasteiger charge is -2.40. The van der Waals surface area contributed by atoms with E-state index < -0.39 is 37.3 Å². The molecule has 1 fully saturated rings. The van der Waals surface area contributed by atoms with E-state index in [0.29, 0.717) is 0 Å². The third kappa shape index (κ3) is 3.45. The van der Waals surface area contributed by atoms with Gasteiger partial charge in [-0.1, -0.05) is 0 Å². The van der Waals surface area contributed by atoms with Gasteiger partial charge in [-0.3, -0.25) is 5.43 Å². The van der Waals surface area contributed by atoms with Gasteiger partial charge in [-0.15, -0.1) is 0 Å². The van der Waals surface area contributed by atoms with E-state index in [1.54, 1.807) is 7.05 Å². The van der Waals surface area contributed by atoms with E-state index in [0.717, 1.165) is 0 Å². The van der Waals surface area contributed by atoms with Gasteiger partial charge in [-0.25, -0.2) is 5.43 Å². The molecule has 1 aliphatic heterocycles. The second-order valence-electron chi connectivity index (χ2n) is 3.60. The van der Waals surface area contributed by atoms with E-state index >= 15 is 0 Å². The van der Waals surface area contributed by atoms with Crippen LogP contribution >= 0.6 is 12.2 Å². The van der Waals surface area contributed by atoms with Crippen LogP contribution in [0.2, 0.25) is 0 Å². The van der Waals surface area contributed by atoms with Crippen LogP contribution in [0.4, 0.5) is 0 Å². The first-order chi connectivity index (χ1) is 8.01. The van der Waals surface area contributed by atoms with Gasteiger partial charge in [0.25, 0.3) is 0 Å². The van der Waals surface area contributed by atoms with Gasteiger partial charge in [-0.2, -0.15) is 0 Å². The van der Waals surface area contributed by atoms with Crippen LogP contribution in [-0.2, 0) is 4.74 Å². The van der Waals surface area contributed by atoms with Crippen LogP contribution in [0.5, 0.6) is 0 Å². The Morgan fingerprint density at radius 3 is 2.41 bits per heavy atom. The number of aliphatic hydroxyl groups excluding tert-OH is 4. The summed E-state index contributed by atoms with van der Waals surface area (Å²) in [6.45, 7) is -0.473. The Balaban J connectivity index is 2.56. The Labute approximate surface area is 104 Å². The summed E-state index contributed by atoms with van der Waals surface area (Å²) in [5.41, 5.74) is 5.05. The Morgan fingerprint density at radius 2 is 1.88 bits per heavy atom. The third-order valence-corrected chi connectivity index (χ3v) is 2.75. The molecule has 5 atom stereocenters. The normalized spacial score (nSPS) is 37.6. The topological polar surface area (TPSA) is 126 Å². The molecular weight excluding hydrogens is 250 g/mol. The number of ether oxygens (including phenoxy) is 1. The summed E-state index contributed by atoms with van der Waals surface area (Å²) >= 11 is 4.79. The Kier molecular flexibility index (Phi) is 5.46. The summed E-state index contributed by atoms with van der Waals surface area (Å²) in [7, 11) is 1.60. The Bertz CT molecular complexity index is 268. The van der Waals surface area contributed by atoms with E-state index in [1.165, 1.54) is 0 Å². The molecule has 8 nitrogen and oxygen atoms in total. The van der Waals surface area contributed by atoms with E-state index in [4.69, 9.17) is 22.1 Å². The van der Waals surface area contributed by atoms with Crippen molar-refractivity contribution in [1.29, 1.82) is 0 Å². The van der Waals surface area contributed by atoms with Crippen molar-refractivity contribution in [2.24, 2.45) is 0 Å². The Hall–Kier alpha value is -0.550. The molecular formula is C8H17N3O5S. The fourth-order valence-electron chi connectivity index (χ4n) is 1.42. The minimum Gasteiger partial charge on any atom is -0.394 e. The highest BCUT2D eigenvalue weighted by Gasteiger charge is 2.43. The van der Waals surface area contributed by atoms with Crippen molar-refractivity contribution in [2.45, 2.75) is 30.6 Å². The maximum Gasteiger partial charge on any atom is 0.180 e. The van der Waals surface area contributed by atoms with E-state index in [2.05, 4.69) is 16.2 Å². The van der Waals surface area contributed by atoms with Crippen LogP contribution in [0.3, 0.4) is 0 Å². The molecule has 1 aliphatic rings. The second kappa shape index (κ2) is 6.40. The van der Waals surface area contributed by atoms with Crippen molar-refractivity contribution in [2.75, 3.05) is 13.7 Å². The van der Waals surface area contributed by atoms with E-state index in [1.807, 2.05) is 0 Å². The average molecular weight is 267 g/mol. The van der Waals surface area contributed by atoms with Crippen LogP contribution in [0.1, 0.15) is 0 Å². The predicted molar refractivity (Wildman–Crippen MR) is 61.7 cm³/mol. The summed E-state index contributed by atoms with van der Waals surface area (Å²) < 4.78 is 5.15. The quantitative estimate of drug-likeness (QED) is 0.205. The molecule has 0 amide bonds. The summed E-state index contributed by atoms with van der Waals surface area (Å²) in [4.78, 5) is 0. The molecule has 0 aromatic carbocycles. The molecule has 0 aliphatic carbocycles. The number of nitrogens with one attached hydrogen (secondary N) is 3. The fraction of sp³-hybridized carbons (Fsp3) is 0.875. The average Bonchev–Trinajstić information content (AvgIpc) is 2.34. The first-order valence-electron chi connectivity index (χ1n) is 5.05. The van der Waals surface area contributed by atoms with Crippen molar-refractivity contribution in [3.05, 3.63) is 0 Å². The van der Waals surface area contributed by atoms with Gasteiger partial charge in [0, 0.05) is 7.05 Å². The molecule has 0 aromatic heterocycles. The van der Waals surface area contributed by atoms with E-state index in [9.17, 15) is 15.3 Å². The minimum atomic E-state index is -1.41. The molecule has 100 valence electrons. The number of hydrogen-bond donors (Lipinski definition) is 7. The molecule has 17 heavy (non-hydrogen) atoms. The number of hydrazine groups is 1. The molecule has 1 saturated heterocycles. The standard InChI is InChI=1S/C8H17N3O5S/c1-9-8(17)11-10-7-6(15)5(14)4(13)3(2-12)16-7/h3-7,10,12-15H,2H2,1H3,(H2,9,11,17)/t3-,4+,5-,6-,7+/m0/s1. The molecule has 0 radical (unpaired) electrons. The van der Waals surface area contributed by atoms with Crippen LogP contribution in [-0.4, -0.2) is 69.8 Å². The van der Waals surface area contributed by atoms with Gasteiger partial charge in [0.05, 0.1) is 6.61 Å². The second-order valence-corrected chi connectivity index (χ2v) is 4.01. The zero-order valence-corrected chi connectivity index (χ0v) is 10.0.